The van der Waals surface area contributed by atoms with Crippen LogP contribution in [0.4, 0.5) is 0 Å². The van der Waals surface area contributed by atoms with Crippen LogP contribution in [0.2, 0.25) is 0 Å². The molecule has 0 fully saturated rings. The molecular formula is C20H26N4O10. The molecule has 34 heavy (non-hydrogen) atoms. The number of carboxylic acids is 2. The molecule has 1 rings (SSSR count). The second-order valence-electron chi connectivity index (χ2n) is 7.06. The van der Waals surface area contributed by atoms with E-state index in [0.717, 1.165) is 38.0 Å². The third kappa shape index (κ3) is 8.72. The Morgan fingerprint density at radius 1 is 0.824 bits per heavy atom. The van der Waals surface area contributed by atoms with E-state index in [4.69, 9.17) is 15.3 Å². The number of carbonyl (C=O) groups is 7. The lowest BCUT2D eigenvalue weighted by atomic mass is 10.3. The zero-order valence-corrected chi connectivity index (χ0v) is 18.5. The van der Waals surface area contributed by atoms with E-state index in [9.17, 15) is 33.6 Å². The number of aliphatic hydroxyl groups excluding tert-OH is 1. The highest BCUT2D eigenvalue weighted by atomic mass is 16.4. The summed E-state index contributed by atoms with van der Waals surface area (Å²) in [6, 6.07) is 0. The van der Waals surface area contributed by atoms with Gasteiger partial charge in [0.2, 0.25) is 17.7 Å². The van der Waals surface area contributed by atoms with Gasteiger partial charge in [-0.05, 0) is 0 Å². The molecule has 0 atom stereocenters. The van der Waals surface area contributed by atoms with Crippen LogP contribution in [0.5, 0.6) is 0 Å². The molecule has 14 heteroatoms. The Morgan fingerprint density at radius 2 is 1.29 bits per heavy atom. The SMILES string of the molecule is CN(CCC(=O)N(CCC(=O)O)N(CCC(=O)O)C(=O)CCN1C(=O)C=CC1=O)C(=O)/C=C\O. The molecule has 0 aromatic heterocycles. The maximum atomic E-state index is 12.9. The van der Waals surface area contributed by atoms with E-state index in [1.54, 1.807) is 0 Å². The van der Waals surface area contributed by atoms with Gasteiger partial charge in [-0.25, -0.2) is 0 Å². The minimum atomic E-state index is -1.28. The highest BCUT2D eigenvalue weighted by Crippen LogP contribution is 2.11. The van der Waals surface area contributed by atoms with Gasteiger partial charge in [0.05, 0.1) is 32.2 Å². The van der Waals surface area contributed by atoms with Crippen LogP contribution in [0.15, 0.2) is 24.5 Å². The molecule has 1 aliphatic heterocycles. The molecule has 0 saturated carbocycles. The minimum Gasteiger partial charge on any atom is -0.515 e. The quantitative estimate of drug-likeness (QED) is 0.123. The van der Waals surface area contributed by atoms with E-state index in [0.29, 0.717) is 6.26 Å². The van der Waals surface area contributed by atoms with Gasteiger partial charge < -0.3 is 20.2 Å². The Hall–Kier alpha value is -4.23. The summed E-state index contributed by atoms with van der Waals surface area (Å²) in [5.74, 6) is -5.99. The van der Waals surface area contributed by atoms with Gasteiger partial charge in [0.15, 0.2) is 0 Å². The summed E-state index contributed by atoms with van der Waals surface area (Å²) in [7, 11) is 1.35. The molecule has 0 spiro atoms. The predicted molar refractivity (Wildman–Crippen MR) is 112 cm³/mol. The van der Waals surface area contributed by atoms with Crippen LogP contribution in [0.1, 0.15) is 25.7 Å². The Labute approximate surface area is 194 Å². The Morgan fingerprint density at radius 3 is 1.74 bits per heavy atom. The molecule has 0 aliphatic carbocycles. The van der Waals surface area contributed by atoms with Gasteiger partial charge in [-0.2, -0.15) is 0 Å². The number of amides is 5. The molecule has 0 saturated heterocycles. The van der Waals surface area contributed by atoms with Crippen LogP contribution in [-0.2, 0) is 33.6 Å². The molecule has 14 nitrogen and oxygen atoms in total. The summed E-state index contributed by atoms with van der Waals surface area (Å²) in [5, 5.41) is 28.3. The van der Waals surface area contributed by atoms with Gasteiger partial charge in [-0.3, -0.25) is 48.5 Å². The van der Waals surface area contributed by atoms with Crippen LogP contribution >= 0.6 is 0 Å². The van der Waals surface area contributed by atoms with Gasteiger partial charge >= 0.3 is 11.9 Å². The average molecular weight is 482 g/mol. The number of likely N-dealkylation sites (N-methyl/N-ethyl adjacent to an activating group) is 1. The summed E-state index contributed by atoms with van der Waals surface area (Å²) in [4.78, 5) is 84.8. The maximum Gasteiger partial charge on any atom is 0.305 e. The van der Waals surface area contributed by atoms with Gasteiger partial charge in [-0.1, -0.05) is 0 Å². The minimum absolute atomic E-state index is 0.144. The van der Waals surface area contributed by atoms with Crippen molar-refractivity contribution in [1.82, 2.24) is 19.8 Å². The van der Waals surface area contributed by atoms with Crippen LogP contribution in [0.3, 0.4) is 0 Å². The van der Waals surface area contributed by atoms with Crippen molar-refractivity contribution in [1.29, 1.82) is 0 Å². The lowest BCUT2D eigenvalue weighted by Crippen LogP contribution is -2.52. The van der Waals surface area contributed by atoms with Crippen LogP contribution in [0.25, 0.3) is 0 Å². The Bertz CT molecular complexity index is 880. The molecule has 0 bridgehead atoms. The van der Waals surface area contributed by atoms with E-state index in [2.05, 4.69) is 0 Å². The van der Waals surface area contributed by atoms with Crippen molar-refractivity contribution in [2.24, 2.45) is 0 Å². The zero-order valence-electron chi connectivity index (χ0n) is 18.5. The lowest BCUT2D eigenvalue weighted by Gasteiger charge is -2.35. The summed E-state index contributed by atoms with van der Waals surface area (Å²) >= 11 is 0. The molecule has 0 aromatic carbocycles. The van der Waals surface area contributed by atoms with Crippen molar-refractivity contribution in [3.8, 4) is 0 Å². The predicted octanol–water partition coefficient (Wildman–Crippen LogP) is -1.26. The summed E-state index contributed by atoms with van der Waals surface area (Å²) < 4.78 is 0. The fraction of sp³-hybridized carbons (Fsp3) is 0.450. The Balaban J connectivity index is 3.02. The third-order valence-corrected chi connectivity index (χ3v) is 4.65. The summed E-state index contributed by atoms with van der Waals surface area (Å²) in [5.41, 5.74) is 0. The zero-order chi connectivity index (χ0) is 25.8. The topological polar surface area (TPSA) is 193 Å². The number of hydrogen-bond acceptors (Lipinski definition) is 8. The summed E-state index contributed by atoms with van der Waals surface area (Å²) in [6.07, 6.45) is 1.54. The second kappa shape index (κ2) is 13.3. The molecule has 1 heterocycles. The third-order valence-electron chi connectivity index (χ3n) is 4.65. The van der Waals surface area contributed by atoms with Crippen molar-refractivity contribution in [3.05, 3.63) is 24.5 Å². The first-order valence-corrected chi connectivity index (χ1v) is 10.1. The first-order valence-electron chi connectivity index (χ1n) is 10.1. The highest BCUT2D eigenvalue weighted by molar-refractivity contribution is 6.13. The van der Waals surface area contributed by atoms with E-state index in [1.165, 1.54) is 7.05 Å². The molecule has 1 aliphatic rings. The number of nitrogens with zero attached hydrogens (tertiary/aromatic N) is 4. The van der Waals surface area contributed by atoms with Crippen molar-refractivity contribution >= 4 is 41.5 Å². The summed E-state index contributed by atoms with van der Waals surface area (Å²) in [6.45, 7) is -1.40. The number of imide groups is 1. The van der Waals surface area contributed by atoms with E-state index >= 15 is 0 Å². The molecule has 5 amide bonds. The van der Waals surface area contributed by atoms with Gasteiger partial charge in [-0.15, -0.1) is 0 Å². The highest BCUT2D eigenvalue weighted by Gasteiger charge is 2.29. The monoisotopic (exact) mass is 482 g/mol. The van der Waals surface area contributed by atoms with Crippen molar-refractivity contribution in [2.75, 3.05) is 33.2 Å². The first-order chi connectivity index (χ1) is 16.0. The second-order valence-corrected chi connectivity index (χ2v) is 7.06. The lowest BCUT2D eigenvalue weighted by molar-refractivity contribution is -0.167. The number of aliphatic hydroxyl groups is 1. The number of hydrazine groups is 1. The van der Waals surface area contributed by atoms with Crippen molar-refractivity contribution < 1.29 is 48.9 Å². The number of aliphatic carboxylic acids is 2. The molecule has 0 aromatic rings. The number of carbonyl (C=O) groups excluding carboxylic acids is 5. The molecule has 186 valence electrons. The molecule has 3 N–H and O–H groups in total. The van der Waals surface area contributed by atoms with Gasteiger partial charge in [0.25, 0.3) is 11.8 Å². The number of rotatable bonds is 13. The van der Waals surface area contributed by atoms with Crippen molar-refractivity contribution in [3.63, 3.8) is 0 Å². The number of carboxylic acid groups (broad SMARTS) is 2. The fourth-order valence-corrected chi connectivity index (χ4v) is 2.84. The first kappa shape index (κ1) is 27.8. The maximum absolute atomic E-state index is 12.9. The van der Waals surface area contributed by atoms with Gasteiger partial charge in [0, 0.05) is 51.2 Å². The largest absolute Gasteiger partial charge is 0.515 e. The standard InChI is InChI=1S/C20H26N4O10/c1-21(14(26)8-13-25)9-4-17(29)23(11-6-19(31)32)24(12-7-20(33)34)18(30)5-10-22-15(27)2-3-16(22)28/h2-3,8,13,25H,4-7,9-12H2,1H3,(H,31,32)(H,33,34)/b13-8-. The fourth-order valence-electron chi connectivity index (χ4n) is 2.84. The van der Waals surface area contributed by atoms with E-state index < -0.39 is 73.8 Å². The molecule has 0 unspecified atom stereocenters. The van der Waals surface area contributed by atoms with Crippen LogP contribution in [-0.4, -0.2) is 110 Å². The molecular weight excluding hydrogens is 456 g/mol. The molecule has 0 radical (unpaired) electrons. The van der Waals surface area contributed by atoms with E-state index in [1.807, 2.05) is 0 Å². The Kier molecular flexibility index (Phi) is 10.9. The van der Waals surface area contributed by atoms with Gasteiger partial charge in [0.1, 0.15) is 0 Å². The van der Waals surface area contributed by atoms with Crippen LogP contribution < -0.4 is 0 Å². The number of hydrogen-bond donors (Lipinski definition) is 3. The smallest absolute Gasteiger partial charge is 0.305 e. The van der Waals surface area contributed by atoms with Crippen LogP contribution in [0, 0.1) is 0 Å². The van der Waals surface area contributed by atoms with Crippen molar-refractivity contribution in [2.45, 2.75) is 25.7 Å². The average Bonchev–Trinajstić information content (AvgIpc) is 3.09. The van der Waals surface area contributed by atoms with E-state index in [-0.39, 0.29) is 19.5 Å². The normalized spacial score (nSPS) is 12.8.